The number of nitrogens with one attached hydrogen (secondary N) is 1. The molecule has 5 heteroatoms. The number of benzene rings is 1. The van der Waals surface area contributed by atoms with E-state index in [-0.39, 0.29) is 17.4 Å². The van der Waals surface area contributed by atoms with Crippen LogP contribution < -0.4 is 5.56 Å². The maximum absolute atomic E-state index is 12.1. The summed E-state index contributed by atoms with van der Waals surface area (Å²) in [5.74, 6) is 1.28. The third kappa shape index (κ3) is 2.31. The summed E-state index contributed by atoms with van der Waals surface area (Å²) in [4.78, 5) is 32.8. The number of aromatic nitrogens is 2. The second-order valence-corrected chi connectivity index (χ2v) is 5.54. The number of carbonyl (C=O) groups is 1. The molecule has 1 heterocycles. The molecule has 1 aromatic carbocycles. The highest BCUT2D eigenvalue weighted by molar-refractivity contribution is 5.81. The number of rotatable bonds is 3. The highest BCUT2D eigenvalue weighted by Crippen LogP contribution is 2.39. The molecule has 1 aliphatic carbocycles. The third-order valence-corrected chi connectivity index (χ3v) is 3.85. The Kier molecular flexibility index (Phi) is 3.04. The summed E-state index contributed by atoms with van der Waals surface area (Å²) in [5.41, 5.74) is 0.498. The van der Waals surface area contributed by atoms with Gasteiger partial charge in [0.15, 0.2) is 0 Å². The number of aromatic amines is 1. The van der Waals surface area contributed by atoms with E-state index in [0.717, 1.165) is 6.42 Å². The summed E-state index contributed by atoms with van der Waals surface area (Å²) in [6.07, 6.45) is 0.963. The van der Waals surface area contributed by atoms with Crippen LogP contribution in [0.5, 0.6) is 0 Å². The molecule has 1 fully saturated rings. The van der Waals surface area contributed by atoms with Crippen LogP contribution in [0.15, 0.2) is 29.1 Å². The van der Waals surface area contributed by atoms with E-state index in [0.29, 0.717) is 29.2 Å². The Hall–Kier alpha value is -2.17. The van der Waals surface area contributed by atoms with E-state index in [4.69, 9.17) is 0 Å². The minimum absolute atomic E-state index is 0.133. The van der Waals surface area contributed by atoms with Crippen molar-refractivity contribution < 1.29 is 4.79 Å². The number of hydrogen-bond acceptors (Lipinski definition) is 3. The molecule has 5 nitrogen and oxygen atoms in total. The standard InChI is InChI=1S/C15H17N3O2/c1-9-7-11(9)15(20)18(2)8-13-16-12-6-4-3-5-10(12)14(19)17-13/h3-6,9,11H,7-8H2,1-2H3,(H,16,17,19). The van der Waals surface area contributed by atoms with E-state index in [1.54, 1.807) is 24.1 Å². The molecule has 0 radical (unpaired) electrons. The Balaban J connectivity index is 1.84. The largest absolute Gasteiger partial charge is 0.338 e. The summed E-state index contributed by atoms with van der Waals surface area (Å²) in [7, 11) is 1.75. The van der Waals surface area contributed by atoms with Gasteiger partial charge in [0, 0.05) is 13.0 Å². The monoisotopic (exact) mass is 271 g/mol. The fraction of sp³-hybridized carbons (Fsp3) is 0.400. The minimum atomic E-state index is -0.161. The Labute approximate surface area is 116 Å². The van der Waals surface area contributed by atoms with Crippen molar-refractivity contribution in [2.24, 2.45) is 11.8 Å². The maximum atomic E-state index is 12.1. The SMILES string of the molecule is CC1CC1C(=O)N(C)Cc1nc2ccccc2c(=O)[nH]1. The summed E-state index contributed by atoms with van der Waals surface area (Å²) < 4.78 is 0. The van der Waals surface area contributed by atoms with E-state index in [2.05, 4.69) is 16.9 Å². The van der Waals surface area contributed by atoms with Crippen molar-refractivity contribution in [3.8, 4) is 0 Å². The van der Waals surface area contributed by atoms with Gasteiger partial charge in [-0.25, -0.2) is 4.98 Å². The molecule has 0 aliphatic heterocycles. The zero-order valence-corrected chi connectivity index (χ0v) is 11.6. The van der Waals surface area contributed by atoms with Crippen LogP contribution in [0.1, 0.15) is 19.2 Å². The van der Waals surface area contributed by atoms with Crippen molar-refractivity contribution in [1.82, 2.24) is 14.9 Å². The van der Waals surface area contributed by atoms with E-state index in [9.17, 15) is 9.59 Å². The van der Waals surface area contributed by atoms with Crippen LogP contribution in [0.3, 0.4) is 0 Å². The smallest absolute Gasteiger partial charge is 0.258 e. The average Bonchev–Trinajstić information content (AvgIpc) is 3.15. The third-order valence-electron chi connectivity index (χ3n) is 3.85. The van der Waals surface area contributed by atoms with Crippen LogP contribution >= 0.6 is 0 Å². The molecule has 1 N–H and O–H groups in total. The van der Waals surface area contributed by atoms with Gasteiger partial charge in [-0.1, -0.05) is 19.1 Å². The summed E-state index contributed by atoms with van der Waals surface area (Å²) in [6, 6.07) is 7.20. The van der Waals surface area contributed by atoms with Gasteiger partial charge >= 0.3 is 0 Å². The fourth-order valence-corrected chi connectivity index (χ4v) is 2.46. The molecule has 2 unspecified atom stereocenters. The number of amides is 1. The van der Waals surface area contributed by atoms with Crippen molar-refractivity contribution in [2.75, 3.05) is 7.05 Å². The molecule has 0 saturated heterocycles. The second-order valence-electron chi connectivity index (χ2n) is 5.54. The molecular formula is C15H17N3O2. The zero-order chi connectivity index (χ0) is 14.3. The quantitative estimate of drug-likeness (QED) is 0.920. The van der Waals surface area contributed by atoms with Crippen molar-refractivity contribution in [1.29, 1.82) is 0 Å². The first-order valence-corrected chi connectivity index (χ1v) is 6.79. The van der Waals surface area contributed by atoms with E-state index < -0.39 is 0 Å². The number of para-hydroxylation sites is 1. The lowest BCUT2D eigenvalue weighted by Gasteiger charge is -2.16. The lowest BCUT2D eigenvalue weighted by atomic mass is 10.2. The summed E-state index contributed by atoms with van der Waals surface area (Å²) >= 11 is 0. The second kappa shape index (κ2) is 4.74. The van der Waals surface area contributed by atoms with Gasteiger partial charge in [0.05, 0.1) is 17.4 Å². The van der Waals surface area contributed by atoms with Crippen molar-refractivity contribution in [3.05, 3.63) is 40.4 Å². The van der Waals surface area contributed by atoms with Gasteiger partial charge < -0.3 is 9.88 Å². The molecule has 3 rings (SSSR count). The first-order valence-electron chi connectivity index (χ1n) is 6.79. The first-order chi connectivity index (χ1) is 9.56. The van der Waals surface area contributed by atoms with Gasteiger partial charge in [-0.3, -0.25) is 9.59 Å². The Bertz CT molecular complexity index is 722. The molecule has 1 aliphatic rings. The predicted octanol–water partition coefficient (Wildman–Crippen LogP) is 1.54. The van der Waals surface area contributed by atoms with Gasteiger partial charge in [0.2, 0.25) is 5.91 Å². The Morgan fingerprint density at radius 1 is 1.45 bits per heavy atom. The lowest BCUT2D eigenvalue weighted by molar-refractivity contribution is -0.132. The average molecular weight is 271 g/mol. The molecule has 2 atom stereocenters. The Morgan fingerprint density at radius 3 is 2.85 bits per heavy atom. The predicted molar refractivity (Wildman–Crippen MR) is 76.1 cm³/mol. The Morgan fingerprint density at radius 2 is 2.15 bits per heavy atom. The van der Waals surface area contributed by atoms with Crippen molar-refractivity contribution >= 4 is 16.8 Å². The lowest BCUT2D eigenvalue weighted by Crippen LogP contribution is -2.29. The van der Waals surface area contributed by atoms with Gasteiger partial charge in [0.25, 0.3) is 5.56 Å². The topological polar surface area (TPSA) is 66.1 Å². The highest BCUT2D eigenvalue weighted by atomic mass is 16.2. The van der Waals surface area contributed by atoms with Crippen LogP contribution in [0.4, 0.5) is 0 Å². The zero-order valence-electron chi connectivity index (χ0n) is 11.6. The number of carbonyl (C=O) groups excluding carboxylic acids is 1. The number of hydrogen-bond donors (Lipinski definition) is 1. The molecule has 20 heavy (non-hydrogen) atoms. The van der Waals surface area contributed by atoms with Crippen LogP contribution in [-0.4, -0.2) is 27.8 Å². The van der Waals surface area contributed by atoms with Crippen molar-refractivity contribution in [2.45, 2.75) is 19.9 Å². The van der Waals surface area contributed by atoms with Crippen molar-refractivity contribution in [3.63, 3.8) is 0 Å². The maximum Gasteiger partial charge on any atom is 0.258 e. The highest BCUT2D eigenvalue weighted by Gasteiger charge is 2.40. The molecular weight excluding hydrogens is 254 g/mol. The van der Waals surface area contributed by atoms with Gasteiger partial charge in [0.1, 0.15) is 5.82 Å². The summed E-state index contributed by atoms with van der Waals surface area (Å²) in [5, 5.41) is 0.570. The van der Waals surface area contributed by atoms with Gasteiger partial charge in [-0.05, 0) is 24.5 Å². The number of H-pyrrole nitrogens is 1. The molecule has 104 valence electrons. The number of fused-ring (bicyclic) bond motifs is 1. The molecule has 0 spiro atoms. The molecule has 0 bridgehead atoms. The number of nitrogens with zero attached hydrogens (tertiary/aromatic N) is 2. The molecule has 1 amide bonds. The fourth-order valence-electron chi connectivity index (χ4n) is 2.46. The van der Waals surface area contributed by atoms with Crippen LogP contribution in [-0.2, 0) is 11.3 Å². The molecule has 1 saturated carbocycles. The first kappa shape index (κ1) is 12.8. The van der Waals surface area contributed by atoms with E-state index in [1.807, 2.05) is 12.1 Å². The van der Waals surface area contributed by atoms with E-state index in [1.165, 1.54) is 0 Å². The summed E-state index contributed by atoms with van der Waals surface area (Å²) in [6.45, 7) is 2.41. The normalized spacial score (nSPS) is 20.9. The molecule has 2 aromatic rings. The van der Waals surface area contributed by atoms with E-state index >= 15 is 0 Å². The minimum Gasteiger partial charge on any atom is -0.338 e. The van der Waals surface area contributed by atoms with Gasteiger partial charge in [-0.15, -0.1) is 0 Å². The van der Waals surface area contributed by atoms with Gasteiger partial charge in [-0.2, -0.15) is 0 Å². The van der Waals surface area contributed by atoms with Crippen LogP contribution in [0.25, 0.3) is 10.9 Å². The van der Waals surface area contributed by atoms with Crippen LogP contribution in [0.2, 0.25) is 0 Å². The molecule has 1 aromatic heterocycles. The van der Waals surface area contributed by atoms with Crippen LogP contribution in [0, 0.1) is 11.8 Å².